The van der Waals surface area contributed by atoms with Crippen molar-refractivity contribution < 1.29 is 4.39 Å². The number of nitrogens with zero attached hydrogens (tertiary/aromatic N) is 2. The van der Waals surface area contributed by atoms with Crippen LogP contribution in [-0.4, -0.2) is 9.78 Å². The molecule has 0 saturated carbocycles. The first-order chi connectivity index (χ1) is 9.65. The molecule has 0 bridgehead atoms. The Morgan fingerprint density at radius 2 is 1.90 bits per heavy atom. The molecule has 0 radical (unpaired) electrons. The van der Waals surface area contributed by atoms with Gasteiger partial charge in [-0.3, -0.25) is 4.68 Å². The normalized spacial score (nSPS) is 12.8. The highest BCUT2D eigenvalue weighted by Gasteiger charge is 2.14. The first-order valence-corrected chi connectivity index (χ1v) is 7.19. The van der Waals surface area contributed by atoms with E-state index in [1.54, 1.807) is 18.2 Å². The first-order valence-electron chi connectivity index (χ1n) is 7.19. The molecule has 1 aromatic heterocycles. The van der Waals surface area contributed by atoms with Crippen LogP contribution in [-0.2, 0) is 6.42 Å². The molecule has 108 valence electrons. The largest absolute Gasteiger partial charge is 0.324 e. The number of hydrogen-bond acceptors (Lipinski definition) is 2. The number of halogens is 1. The van der Waals surface area contributed by atoms with E-state index in [0.29, 0.717) is 18.0 Å². The smallest absolute Gasteiger partial charge is 0.127 e. The van der Waals surface area contributed by atoms with Crippen molar-refractivity contribution >= 4 is 0 Å². The second kappa shape index (κ2) is 6.66. The van der Waals surface area contributed by atoms with Gasteiger partial charge in [0.2, 0.25) is 0 Å². The summed E-state index contributed by atoms with van der Waals surface area (Å²) in [5.74, 6) is -0.251. The van der Waals surface area contributed by atoms with Gasteiger partial charge in [-0.05, 0) is 25.0 Å². The summed E-state index contributed by atoms with van der Waals surface area (Å²) in [6, 6.07) is 8.69. The van der Waals surface area contributed by atoms with Gasteiger partial charge in [-0.2, -0.15) is 5.10 Å². The SMILES string of the molecule is CCC(CC)n1ccc(CC(N)c2ccccc2F)n1. The quantitative estimate of drug-likeness (QED) is 0.875. The highest BCUT2D eigenvalue weighted by atomic mass is 19.1. The van der Waals surface area contributed by atoms with E-state index < -0.39 is 0 Å². The van der Waals surface area contributed by atoms with Gasteiger partial charge in [-0.25, -0.2) is 4.39 Å². The fraction of sp³-hybridized carbons (Fsp3) is 0.438. The Labute approximate surface area is 119 Å². The van der Waals surface area contributed by atoms with E-state index in [-0.39, 0.29) is 11.9 Å². The monoisotopic (exact) mass is 275 g/mol. The van der Waals surface area contributed by atoms with Crippen LogP contribution in [0.3, 0.4) is 0 Å². The van der Waals surface area contributed by atoms with Gasteiger partial charge in [0.05, 0.1) is 11.7 Å². The molecular weight excluding hydrogens is 253 g/mol. The lowest BCUT2D eigenvalue weighted by atomic mass is 10.0. The summed E-state index contributed by atoms with van der Waals surface area (Å²) in [7, 11) is 0. The van der Waals surface area contributed by atoms with Crippen LogP contribution in [0.2, 0.25) is 0 Å². The minimum Gasteiger partial charge on any atom is -0.324 e. The Kier molecular flexibility index (Phi) is 4.90. The minimum absolute atomic E-state index is 0.251. The molecular formula is C16H22FN3. The summed E-state index contributed by atoms with van der Waals surface area (Å²) in [6.45, 7) is 4.31. The maximum atomic E-state index is 13.7. The lowest BCUT2D eigenvalue weighted by Gasteiger charge is -2.13. The van der Waals surface area contributed by atoms with E-state index in [1.807, 2.05) is 16.9 Å². The molecule has 0 aliphatic rings. The first kappa shape index (κ1) is 14.7. The molecule has 4 heteroatoms. The van der Waals surface area contributed by atoms with E-state index in [1.165, 1.54) is 6.07 Å². The van der Waals surface area contributed by atoms with Crippen molar-refractivity contribution in [2.24, 2.45) is 5.73 Å². The van der Waals surface area contributed by atoms with E-state index >= 15 is 0 Å². The van der Waals surface area contributed by atoms with E-state index in [0.717, 1.165) is 18.5 Å². The summed E-state index contributed by atoms with van der Waals surface area (Å²) < 4.78 is 15.7. The van der Waals surface area contributed by atoms with Crippen molar-refractivity contribution in [3.05, 3.63) is 53.6 Å². The molecule has 0 saturated heterocycles. The Bertz CT molecular complexity index is 546. The molecule has 1 aromatic carbocycles. The molecule has 0 aliphatic heterocycles. The molecule has 0 amide bonds. The Balaban J connectivity index is 2.09. The van der Waals surface area contributed by atoms with Crippen LogP contribution < -0.4 is 5.73 Å². The zero-order valence-electron chi connectivity index (χ0n) is 12.1. The van der Waals surface area contributed by atoms with Crippen LogP contribution in [0.15, 0.2) is 36.5 Å². The Morgan fingerprint density at radius 1 is 1.20 bits per heavy atom. The van der Waals surface area contributed by atoms with E-state index in [4.69, 9.17) is 5.73 Å². The lowest BCUT2D eigenvalue weighted by molar-refractivity contribution is 0.424. The van der Waals surface area contributed by atoms with Crippen LogP contribution in [0, 0.1) is 5.82 Å². The van der Waals surface area contributed by atoms with E-state index in [2.05, 4.69) is 18.9 Å². The van der Waals surface area contributed by atoms with Gasteiger partial charge >= 0.3 is 0 Å². The summed E-state index contributed by atoms with van der Waals surface area (Å²) in [4.78, 5) is 0. The van der Waals surface area contributed by atoms with Crippen molar-refractivity contribution in [3.8, 4) is 0 Å². The second-order valence-electron chi connectivity index (χ2n) is 5.09. The lowest BCUT2D eigenvalue weighted by Crippen LogP contribution is -2.16. The molecule has 20 heavy (non-hydrogen) atoms. The number of rotatable bonds is 6. The fourth-order valence-electron chi connectivity index (χ4n) is 2.46. The number of nitrogens with two attached hydrogens (primary N) is 1. The summed E-state index contributed by atoms with van der Waals surface area (Å²) >= 11 is 0. The van der Waals surface area contributed by atoms with Crippen LogP contribution >= 0.6 is 0 Å². The molecule has 1 unspecified atom stereocenters. The molecule has 0 aliphatic carbocycles. The highest BCUT2D eigenvalue weighted by Crippen LogP contribution is 2.20. The molecule has 1 heterocycles. The van der Waals surface area contributed by atoms with E-state index in [9.17, 15) is 4.39 Å². The van der Waals surface area contributed by atoms with Crippen molar-refractivity contribution in [1.29, 1.82) is 0 Å². The van der Waals surface area contributed by atoms with Gasteiger partial charge in [-0.15, -0.1) is 0 Å². The van der Waals surface area contributed by atoms with Gasteiger partial charge in [0.15, 0.2) is 0 Å². The standard InChI is InChI=1S/C16H22FN3/c1-3-13(4-2)20-10-9-12(19-20)11-16(18)14-7-5-6-8-15(14)17/h5-10,13,16H,3-4,11,18H2,1-2H3. The highest BCUT2D eigenvalue weighted by molar-refractivity contribution is 5.22. The predicted octanol–water partition coefficient (Wildman–Crippen LogP) is 3.63. The molecule has 2 rings (SSSR count). The van der Waals surface area contributed by atoms with Gasteiger partial charge in [0, 0.05) is 24.2 Å². The predicted molar refractivity (Wildman–Crippen MR) is 78.9 cm³/mol. The molecule has 2 aromatic rings. The minimum atomic E-state index is -0.360. The maximum absolute atomic E-state index is 13.7. The van der Waals surface area contributed by atoms with Gasteiger partial charge in [0.1, 0.15) is 5.82 Å². The molecule has 1 atom stereocenters. The summed E-state index contributed by atoms with van der Waals surface area (Å²) in [5.41, 5.74) is 7.54. The molecule has 2 N–H and O–H groups in total. The van der Waals surface area contributed by atoms with Crippen molar-refractivity contribution in [3.63, 3.8) is 0 Å². The van der Waals surface area contributed by atoms with Gasteiger partial charge in [0.25, 0.3) is 0 Å². The molecule has 0 spiro atoms. The summed E-state index contributed by atoms with van der Waals surface area (Å²) in [5, 5.41) is 4.56. The van der Waals surface area contributed by atoms with Crippen molar-refractivity contribution in [1.82, 2.24) is 9.78 Å². The van der Waals surface area contributed by atoms with Crippen LogP contribution in [0.25, 0.3) is 0 Å². The van der Waals surface area contributed by atoms with Gasteiger partial charge < -0.3 is 5.73 Å². The third-order valence-corrected chi connectivity index (χ3v) is 3.71. The molecule has 3 nitrogen and oxygen atoms in total. The van der Waals surface area contributed by atoms with Crippen LogP contribution in [0.5, 0.6) is 0 Å². The zero-order chi connectivity index (χ0) is 14.5. The Morgan fingerprint density at radius 3 is 2.55 bits per heavy atom. The maximum Gasteiger partial charge on any atom is 0.127 e. The summed E-state index contributed by atoms with van der Waals surface area (Å²) in [6.07, 6.45) is 4.64. The third-order valence-electron chi connectivity index (χ3n) is 3.71. The second-order valence-corrected chi connectivity index (χ2v) is 5.09. The average Bonchev–Trinajstić information content (AvgIpc) is 2.89. The number of hydrogen-bond donors (Lipinski definition) is 1. The topological polar surface area (TPSA) is 43.8 Å². The van der Waals surface area contributed by atoms with Gasteiger partial charge in [-0.1, -0.05) is 32.0 Å². The number of benzene rings is 1. The molecule has 0 fully saturated rings. The fourth-order valence-corrected chi connectivity index (χ4v) is 2.46. The third kappa shape index (κ3) is 3.25. The Hall–Kier alpha value is -1.68. The van der Waals surface area contributed by atoms with Crippen LogP contribution in [0.4, 0.5) is 4.39 Å². The zero-order valence-corrected chi connectivity index (χ0v) is 12.1. The van der Waals surface area contributed by atoms with Crippen LogP contribution in [0.1, 0.15) is 50.0 Å². The van der Waals surface area contributed by atoms with Crippen molar-refractivity contribution in [2.75, 3.05) is 0 Å². The number of aromatic nitrogens is 2. The average molecular weight is 275 g/mol. The van der Waals surface area contributed by atoms with Crippen molar-refractivity contribution in [2.45, 2.75) is 45.2 Å².